The van der Waals surface area contributed by atoms with Crippen molar-refractivity contribution in [2.75, 3.05) is 5.75 Å². The molecular formula is C18H19N3O2S. The van der Waals surface area contributed by atoms with Gasteiger partial charge >= 0.3 is 0 Å². The van der Waals surface area contributed by atoms with Crippen molar-refractivity contribution in [3.05, 3.63) is 58.6 Å². The number of fused-ring (bicyclic) bond motifs is 1. The van der Waals surface area contributed by atoms with Gasteiger partial charge in [0, 0.05) is 12.2 Å². The van der Waals surface area contributed by atoms with Crippen LogP contribution in [-0.4, -0.2) is 26.1 Å². The van der Waals surface area contributed by atoms with Crippen molar-refractivity contribution in [1.29, 1.82) is 0 Å². The summed E-state index contributed by atoms with van der Waals surface area (Å²) in [5, 5.41) is 1.20. The van der Waals surface area contributed by atoms with Crippen LogP contribution in [0.15, 0.2) is 52.5 Å². The van der Waals surface area contributed by atoms with Gasteiger partial charge in [0.15, 0.2) is 10.9 Å². The van der Waals surface area contributed by atoms with Crippen LogP contribution in [0.4, 0.5) is 0 Å². The molecule has 124 valence electrons. The van der Waals surface area contributed by atoms with Crippen LogP contribution >= 0.6 is 11.8 Å². The summed E-state index contributed by atoms with van der Waals surface area (Å²) in [6.45, 7) is 4.03. The van der Waals surface area contributed by atoms with Gasteiger partial charge in [-0.15, -0.1) is 0 Å². The summed E-state index contributed by atoms with van der Waals surface area (Å²) in [4.78, 5) is 32.6. The first-order chi connectivity index (χ1) is 11.6. The molecule has 1 N–H and O–H groups in total. The fourth-order valence-corrected chi connectivity index (χ4v) is 3.49. The van der Waals surface area contributed by atoms with Crippen LogP contribution in [0.25, 0.3) is 10.9 Å². The van der Waals surface area contributed by atoms with Gasteiger partial charge in [0.25, 0.3) is 5.56 Å². The molecule has 6 heteroatoms. The van der Waals surface area contributed by atoms with Crippen molar-refractivity contribution in [2.45, 2.75) is 31.5 Å². The number of hydrogen-bond donors (Lipinski definition) is 1. The molecule has 0 saturated carbocycles. The van der Waals surface area contributed by atoms with Crippen molar-refractivity contribution in [3.63, 3.8) is 0 Å². The molecule has 2 aromatic heterocycles. The molecule has 0 aliphatic carbocycles. The third kappa shape index (κ3) is 3.14. The fourth-order valence-electron chi connectivity index (χ4n) is 2.51. The van der Waals surface area contributed by atoms with E-state index in [0.29, 0.717) is 21.8 Å². The van der Waals surface area contributed by atoms with Gasteiger partial charge in [-0.1, -0.05) is 30.8 Å². The molecule has 0 aliphatic heterocycles. The summed E-state index contributed by atoms with van der Waals surface area (Å²) in [5.74, 6) is 0.227. The molecule has 1 atom stereocenters. The second kappa shape index (κ2) is 7.05. The minimum absolute atomic E-state index is 0.0110. The number of aromatic nitrogens is 3. The first kappa shape index (κ1) is 16.5. The summed E-state index contributed by atoms with van der Waals surface area (Å²) < 4.78 is 1.70. The highest BCUT2D eigenvalue weighted by molar-refractivity contribution is 7.99. The van der Waals surface area contributed by atoms with E-state index in [1.807, 2.05) is 32.0 Å². The smallest absolute Gasteiger partial charge is 0.262 e. The van der Waals surface area contributed by atoms with E-state index in [2.05, 4.69) is 9.97 Å². The fraction of sp³-hybridized carbons (Fsp3) is 0.278. The lowest BCUT2D eigenvalue weighted by molar-refractivity contribution is 0.101. The first-order valence-electron chi connectivity index (χ1n) is 7.92. The molecule has 0 spiro atoms. The predicted molar refractivity (Wildman–Crippen MR) is 96.9 cm³/mol. The zero-order chi connectivity index (χ0) is 17.1. The largest absolute Gasteiger partial charge is 0.359 e. The standard InChI is InChI=1S/C18H19N3O2S/c1-3-12(2)21-17(23)13-7-4-5-8-14(13)20-18(21)24-11-16(22)15-9-6-10-19-15/h4-10,12,19H,3,11H2,1-2H3/t12-/m1/s1. The van der Waals surface area contributed by atoms with Crippen molar-refractivity contribution >= 4 is 28.4 Å². The Hall–Kier alpha value is -2.34. The molecule has 2 heterocycles. The normalized spacial score (nSPS) is 12.4. The number of aromatic amines is 1. The quantitative estimate of drug-likeness (QED) is 0.422. The molecule has 0 saturated heterocycles. The maximum absolute atomic E-state index is 12.8. The summed E-state index contributed by atoms with van der Waals surface area (Å²) in [5.41, 5.74) is 1.18. The Labute approximate surface area is 144 Å². The van der Waals surface area contributed by atoms with Crippen LogP contribution in [0.5, 0.6) is 0 Å². The maximum atomic E-state index is 12.8. The lowest BCUT2D eigenvalue weighted by atomic mass is 10.2. The first-order valence-corrected chi connectivity index (χ1v) is 8.91. The summed E-state index contributed by atoms with van der Waals surface area (Å²) in [7, 11) is 0. The highest BCUT2D eigenvalue weighted by Crippen LogP contribution is 2.23. The van der Waals surface area contributed by atoms with Crippen molar-refractivity contribution in [1.82, 2.24) is 14.5 Å². The molecule has 3 rings (SSSR count). The summed E-state index contributed by atoms with van der Waals surface area (Å²) in [6.07, 6.45) is 2.54. The molecule has 0 amide bonds. The van der Waals surface area contributed by atoms with Crippen molar-refractivity contribution in [2.24, 2.45) is 0 Å². The predicted octanol–water partition coefficient (Wildman–Crippen LogP) is 3.67. The molecule has 0 bridgehead atoms. The number of ketones is 1. The van der Waals surface area contributed by atoms with Crippen LogP contribution in [0.1, 0.15) is 36.8 Å². The molecule has 3 aromatic rings. The Balaban J connectivity index is 1.99. The minimum Gasteiger partial charge on any atom is -0.359 e. The van der Waals surface area contributed by atoms with E-state index < -0.39 is 0 Å². The zero-order valence-electron chi connectivity index (χ0n) is 13.7. The number of carbonyl (C=O) groups is 1. The van der Waals surface area contributed by atoms with E-state index in [-0.39, 0.29) is 23.1 Å². The summed E-state index contributed by atoms with van der Waals surface area (Å²) in [6, 6.07) is 10.9. The maximum Gasteiger partial charge on any atom is 0.262 e. The second-order valence-corrected chi connectivity index (χ2v) is 6.58. The second-order valence-electron chi connectivity index (χ2n) is 5.64. The highest BCUT2D eigenvalue weighted by atomic mass is 32.2. The van der Waals surface area contributed by atoms with Crippen LogP contribution in [0.3, 0.4) is 0 Å². The van der Waals surface area contributed by atoms with Crippen LogP contribution in [-0.2, 0) is 0 Å². The van der Waals surface area contributed by atoms with Gasteiger partial charge in [0.05, 0.1) is 22.3 Å². The molecular weight excluding hydrogens is 322 g/mol. The van der Waals surface area contributed by atoms with E-state index in [1.165, 1.54) is 11.8 Å². The van der Waals surface area contributed by atoms with Gasteiger partial charge in [0.2, 0.25) is 0 Å². The lowest BCUT2D eigenvalue weighted by Crippen LogP contribution is -2.26. The Kier molecular flexibility index (Phi) is 4.85. The average molecular weight is 341 g/mol. The van der Waals surface area contributed by atoms with Crippen LogP contribution < -0.4 is 5.56 Å². The van der Waals surface area contributed by atoms with Gasteiger partial charge in [-0.3, -0.25) is 14.2 Å². The van der Waals surface area contributed by atoms with Crippen molar-refractivity contribution in [3.8, 4) is 0 Å². The third-order valence-corrected chi connectivity index (χ3v) is 4.99. The molecule has 0 fully saturated rings. The number of H-pyrrole nitrogens is 1. The third-order valence-electron chi connectivity index (χ3n) is 4.04. The average Bonchev–Trinajstić information content (AvgIpc) is 3.14. The molecule has 0 aliphatic rings. The van der Waals surface area contributed by atoms with E-state index in [1.54, 1.807) is 29.0 Å². The minimum atomic E-state index is -0.0511. The number of para-hydroxylation sites is 1. The number of carbonyl (C=O) groups excluding carboxylic acids is 1. The number of Topliss-reactive ketones (excluding diaryl/α,β-unsaturated/α-hetero) is 1. The number of thioether (sulfide) groups is 1. The van der Waals surface area contributed by atoms with Gasteiger partial charge in [-0.25, -0.2) is 4.98 Å². The Morgan fingerprint density at radius 2 is 2.08 bits per heavy atom. The molecule has 0 unspecified atom stereocenters. The van der Waals surface area contributed by atoms with Gasteiger partial charge in [-0.05, 0) is 37.6 Å². The van der Waals surface area contributed by atoms with E-state index >= 15 is 0 Å². The zero-order valence-corrected chi connectivity index (χ0v) is 14.5. The summed E-state index contributed by atoms with van der Waals surface area (Å²) >= 11 is 1.31. The van der Waals surface area contributed by atoms with E-state index in [9.17, 15) is 9.59 Å². The van der Waals surface area contributed by atoms with E-state index in [4.69, 9.17) is 0 Å². The lowest BCUT2D eigenvalue weighted by Gasteiger charge is -2.18. The molecule has 5 nitrogen and oxygen atoms in total. The molecule has 1 aromatic carbocycles. The number of nitrogens with one attached hydrogen (secondary N) is 1. The monoisotopic (exact) mass is 341 g/mol. The van der Waals surface area contributed by atoms with Gasteiger partial charge in [-0.2, -0.15) is 0 Å². The topological polar surface area (TPSA) is 67.8 Å². The highest BCUT2D eigenvalue weighted by Gasteiger charge is 2.17. The van der Waals surface area contributed by atoms with Gasteiger partial charge < -0.3 is 4.98 Å². The SMILES string of the molecule is CC[C@@H](C)n1c(SCC(=O)c2ccc[nH]2)nc2ccccc2c1=O. The van der Waals surface area contributed by atoms with Crippen LogP contribution in [0, 0.1) is 0 Å². The molecule has 0 radical (unpaired) electrons. The molecule has 24 heavy (non-hydrogen) atoms. The number of rotatable bonds is 6. The van der Waals surface area contributed by atoms with Crippen LogP contribution in [0.2, 0.25) is 0 Å². The number of benzene rings is 1. The number of hydrogen-bond acceptors (Lipinski definition) is 4. The van der Waals surface area contributed by atoms with E-state index in [0.717, 1.165) is 6.42 Å². The van der Waals surface area contributed by atoms with Crippen molar-refractivity contribution < 1.29 is 4.79 Å². The Morgan fingerprint density at radius 1 is 1.29 bits per heavy atom. The Bertz CT molecular complexity index is 916. The number of nitrogens with zero attached hydrogens (tertiary/aromatic N) is 2. The Morgan fingerprint density at radius 3 is 2.79 bits per heavy atom. The van der Waals surface area contributed by atoms with Gasteiger partial charge in [0.1, 0.15) is 0 Å².